The van der Waals surface area contributed by atoms with E-state index >= 15 is 0 Å². The largest absolute Gasteiger partial charge is 0.391 e. The van der Waals surface area contributed by atoms with Crippen LogP contribution in [0.15, 0.2) is 35.5 Å². The average Bonchev–Trinajstić information content (AvgIpc) is 2.82. The van der Waals surface area contributed by atoms with E-state index in [1.54, 1.807) is 11.7 Å². The Balaban J connectivity index is 1.82. The number of nitrogens with two attached hydrogens (primary N) is 1. The molecule has 0 amide bonds. The number of aliphatic hydroxyl groups is 1. The van der Waals surface area contributed by atoms with E-state index in [1.165, 1.54) is 11.8 Å². The SMILES string of the molecule is Cn1nnnc1SCC(O)C(N)Cc1ccccc1. The van der Waals surface area contributed by atoms with E-state index in [1.807, 2.05) is 30.3 Å². The highest BCUT2D eigenvalue weighted by molar-refractivity contribution is 7.99. The highest BCUT2D eigenvalue weighted by Crippen LogP contribution is 2.15. The Labute approximate surface area is 116 Å². The Bertz CT molecular complexity index is 504. The van der Waals surface area contributed by atoms with Gasteiger partial charge in [-0.05, 0) is 22.4 Å². The number of tetrazole rings is 1. The number of hydrogen-bond acceptors (Lipinski definition) is 6. The summed E-state index contributed by atoms with van der Waals surface area (Å²) >= 11 is 1.40. The second-order valence-electron chi connectivity index (χ2n) is 4.32. The van der Waals surface area contributed by atoms with Crippen molar-refractivity contribution in [3.8, 4) is 0 Å². The molecule has 19 heavy (non-hydrogen) atoms. The Morgan fingerprint density at radius 2 is 2.11 bits per heavy atom. The van der Waals surface area contributed by atoms with Gasteiger partial charge in [-0.2, -0.15) is 0 Å². The van der Waals surface area contributed by atoms with Crippen LogP contribution < -0.4 is 5.73 Å². The summed E-state index contributed by atoms with van der Waals surface area (Å²) in [6.07, 6.45) is 0.0570. The van der Waals surface area contributed by atoms with Gasteiger partial charge >= 0.3 is 0 Å². The molecule has 0 aliphatic carbocycles. The second kappa shape index (κ2) is 6.65. The lowest BCUT2D eigenvalue weighted by Crippen LogP contribution is -2.38. The van der Waals surface area contributed by atoms with Crippen molar-refractivity contribution in [2.45, 2.75) is 23.7 Å². The molecule has 1 aromatic heterocycles. The van der Waals surface area contributed by atoms with Crippen molar-refractivity contribution in [2.24, 2.45) is 12.8 Å². The summed E-state index contributed by atoms with van der Waals surface area (Å²) < 4.78 is 1.57. The van der Waals surface area contributed by atoms with Gasteiger partial charge in [-0.15, -0.1) is 5.10 Å². The van der Waals surface area contributed by atoms with Gasteiger partial charge < -0.3 is 10.8 Å². The van der Waals surface area contributed by atoms with Crippen LogP contribution >= 0.6 is 11.8 Å². The molecule has 2 rings (SSSR count). The van der Waals surface area contributed by atoms with Crippen molar-refractivity contribution in [3.05, 3.63) is 35.9 Å². The fourth-order valence-corrected chi connectivity index (χ4v) is 2.53. The Morgan fingerprint density at radius 3 is 2.74 bits per heavy atom. The van der Waals surface area contributed by atoms with Crippen LogP contribution in [-0.2, 0) is 13.5 Å². The van der Waals surface area contributed by atoms with E-state index in [-0.39, 0.29) is 6.04 Å². The number of aromatic nitrogens is 4. The normalized spacial score (nSPS) is 14.3. The van der Waals surface area contributed by atoms with Crippen LogP contribution in [-0.4, -0.2) is 43.2 Å². The van der Waals surface area contributed by atoms with Crippen LogP contribution in [0.1, 0.15) is 5.56 Å². The number of rotatable bonds is 6. The lowest BCUT2D eigenvalue weighted by Gasteiger charge is -2.18. The van der Waals surface area contributed by atoms with Crippen LogP contribution in [0.5, 0.6) is 0 Å². The minimum atomic E-state index is -0.595. The van der Waals surface area contributed by atoms with Crippen molar-refractivity contribution in [1.82, 2.24) is 20.2 Å². The van der Waals surface area contributed by atoms with Crippen LogP contribution in [0.2, 0.25) is 0 Å². The maximum absolute atomic E-state index is 10.0. The van der Waals surface area contributed by atoms with Gasteiger partial charge in [0, 0.05) is 18.8 Å². The number of benzene rings is 1. The van der Waals surface area contributed by atoms with Crippen molar-refractivity contribution >= 4 is 11.8 Å². The van der Waals surface area contributed by atoms with Crippen molar-refractivity contribution in [1.29, 1.82) is 0 Å². The van der Waals surface area contributed by atoms with Gasteiger partial charge in [-0.3, -0.25) is 0 Å². The summed E-state index contributed by atoms with van der Waals surface area (Å²) in [4.78, 5) is 0. The van der Waals surface area contributed by atoms with Crippen LogP contribution in [0.3, 0.4) is 0 Å². The number of thioether (sulfide) groups is 1. The molecule has 0 spiro atoms. The molecule has 0 saturated carbocycles. The van der Waals surface area contributed by atoms with E-state index in [0.717, 1.165) is 5.56 Å². The van der Waals surface area contributed by atoms with Gasteiger partial charge in [0.25, 0.3) is 0 Å². The predicted molar refractivity (Wildman–Crippen MR) is 73.7 cm³/mol. The van der Waals surface area contributed by atoms with Crippen molar-refractivity contribution in [3.63, 3.8) is 0 Å². The van der Waals surface area contributed by atoms with E-state index in [2.05, 4.69) is 15.5 Å². The van der Waals surface area contributed by atoms with Gasteiger partial charge in [0.2, 0.25) is 5.16 Å². The predicted octanol–water partition coefficient (Wildman–Crippen LogP) is 0.233. The third kappa shape index (κ3) is 4.02. The van der Waals surface area contributed by atoms with Crippen LogP contribution in [0.4, 0.5) is 0 Å². The van der Waals surface area contributed by atoms with Gasteiger partial charge in [0.05, 0.1) is 6.10 Å². The summed E-state index contributed by atoms with van der Waals surface area (Å²) in [5.41, 5.74) is 7.13. The monoisotopic (exact) mass is 279 g/mol. The fourth-order valence-electron chi connectivity index (χ4n) is 1.65. The van der Waals surface area contributed by atoms with Gasteiger partial charge in [0.15, 0.2) is 0 Å². The third-order valence-electron chi connectivity index (χ3n) is 2.77. The molecule has 1 aromatic carbocycles. The quantitative estimate of drug-likeness (QED) is 0.736. The molecule has 0 fully saturated rings. The number of hydrogen-bond donors (Lipinski definition) is 2. The molecule has 2 atom stereocenters. The molecule has 2 aromatic rings. The number of aryl methyl sites for hydroxylation is 1. The summed E-state index contributed by atoms with van der Waals surface area (Å²) in [5.74, 6) is 0.474. The molecular weight excluding hydrogens is 262 g/mol. The highest BCUT2D eigenvalue weighted by atomic mass is 32.2. The molecule has 0 radical (unpaired) electrons. The highest BCUT2D eigenvalue weighted by Gasteiger charge is 2.17. The summed E-state index contributed by atoms with van der Waals surface area (Å²) in [5, 5.41) is 21.8. The first kappa shape index (κ1) is 14.0. The molecule has 3 N–H and O–H groups in total. The zero-order chi connectivity index (χ0) is 13.7. The first-order chi connectivity index (χ1) is 9.16. The number of nitrogens with zero attached hydrogens (tertiary/aromatic N) is 4. The zero-order valence-corrected chi connectivity index (χ0v) is 11.5. The van der Waals surface area contributed by atoms with E-state index in [9.17, 15) is 5.11 Å². The molecule has 0 bridgehead atoms. The van der Waals surface area contributed by atoms with Gasteiger partial charge in [-0.25, -0.2) is 4.68 Å². The topological polar surface area (TPSA) is 89.8 Å². The van der Waals surface area contributed by atoms with Crippen LogP contribution in [0.25, 0.3) is 0 Å². The maximum Gasteiger partial charge on any atom is 0.209 e. The summed E-state index contributed by atoms with van der Waals surface area (Å²) in [7, 11) is 1.76. The van der Waals surface area contributed by atoms with Crippen molar-refractivity contribution < 1.29 is 5.11 Å². The van der Waals surface area contributed by atoms with E-state index in [0.29, 0.717) is 17.3 Å². The first-order valence-corrected chi connectivity index (χ1v) is 6.98. The fraction of sp³-hybridized carbons (Fsp3) is 0.417. The van der Waals surface area contributed by atoms with Crippen molar-refractivity contribution in [2.75, 3.05) is 5.75 Å². The molecule has 6 nitrogen and oxygen atoms in total. The van der Waals surface area contributed by atoms with E-state index < -0.39 is 6.10 Å². The molecule has 1 heterocycles. The number of aliphatic hydroxyl groups excluding tert-OH is 1. The standard InChI is InChI=1S/C12H17N5OS/c1-17-12(14-15-16-17)19-8-11(18)10(13)7-9-5-3-2-4-6-9/h2-6,10-11,18H,7-8,13H2,1H3. The molecule has 0 aliphatic rings. The summed E-state index contributed by atoms with van der Waals surface area (Å²) in [6.45, 7) is 0. The third-order valence-corrected chi connectivity index (χ3v) is 3.89. The van der Waals surface area contributed by atoms with Gasteiger partial charge in [-0.1, -0.05) is 42.1 Å². The van der Waals surface area contributed by atoms with Crippen LogP contribution in [0, 0.1) is 0 Å². The second-order valence-corrected chi connectivity index (χ2v) is 5.30. The maximum atomic E-state index is 10.0. The summed E-state index contributed by atoms with van der Waals surface area (Å²) in [6, 6.07) is 9.61. The van der Waals surface area contributed by atoms with E-state index in [4.69, 9.17) is 5.73 Å². The molecule has 102 valence electrons. The lowest BCUT2D eigenvalue weighted by atomic mass is 10.0. The minimum Gasteiger partial charge on any atom is -0.391 e. The first-order valence-electron chi connectivity index (χ1n) is 5.99. The molecule has 0 aliphatic heterocycles. The minimum absolute atomic E-state index is 0.295. The average molecular weight is 279 g/mol. The lowest BCUT2D eigenvalue weighted by molar-refractivity contribution is 0.167. The smallest absolute Gasteiger partial charge is 0.209 e. The Hall–Kier alpha value is -1.44. The van der Waals surface area contributed by atoms with Gasteiger partial charge in [0.1, 0.15) is 0 Å². The molecular formula is C12H17N5OS. The molecule has 2 unspecified atom stereocenters. The Morgan fingerprint density at radius 1 is 1.37 bits per heavy atom. The zero-order valence-electron chi connectivity index (χ0n) is 10.7. The Kier molecular flexibility index (Phi) is 4.89. The molecule has 7 heteroatoms. The molecule has 0 saturated heterocycles.